The van der Waals surface area contributed by atoms with Crippen molar-refractivity contribution in [2.45, 2.75) is 32.2 Å². The molecule has 0 bridgehead atoms. The lowest BCUT2D eigenvalue weighted by Gasteiger charge is -2.42. The summed E-state index contributed by atoms with van der Waals surface area (Å²) in [6.45, 7) is 3.16. The number of nitrogens with one attached hydrogen (secondary N) is 1. The van der Waals surface area contributed by atoms with Crippen molar-refractivity contribution in [3.05, 3.63) is 81.8 Å². The minimum absolute atomic E-state index is 0.0513. The van der Waals surface area contributed by atoms with E-state index in [2.05, 4.69) is 51.3 Å². The molecule has 1 aliphatic carbocycles. The molecule has 2 aromatic carbocycles. The monoisotopic (exact) mass is 497 g/mol. The number of piperidine rings is 1. The molecule has 37 heavy (non-hydrogen) atoms. The summed E-state index contributed by atoms with van der Waals surface area (Å²) in [5, 5.41) is 2.71. The van der Waals surface area contributed by atoms with Gasteiger partial charge in [0.15, 0.2) is 0 Å². The van der Waals surface area contributed by atoms with Gasteiger partial charge in [0.1, 0.15) is 17.9 Å². The zero-order valence-corrected chi connectivity index (χ0v) is 21.2. The first-order chi connectivity index (χ1) is 17.9. The fraction of sp³-hybridized carbons (Fsp3) is 0.345. The SMILES string of the molecule is CC(=O)Nc1cccc(OCC#Cc2cnc(N3CCC4(CC3)Cc3ccccc3C4N)n(C)c2=O)c1. The maximum Gasteiger partial charge on any atom is 0.270 e. The van der Waals surface area contributed by atoms with E-state index < -0.39 is 0 Å². The van der Waals surface area contributed by atoms with Crippen LogP contribution in [0.3, 0.4) is 0 Å². The third-order valence-corrected chi connectivity index (χ3v) is 7.47. The number of hydrogen-bond acceptors (Lipinski definition) is 6. The lowest BCUT2D eigenvalue weighted by molar-refractivity contribution is -0.114. The van der Waals surface area contributed by atoms with Crippen LogP contribution in [0.4, 0.5) is 11.6 Å². The first-order valence-electron chi connectivity index (χ1n) is 12.5. The van der Waals surface area contributed by atoms with E-state index in [1.807, 2.05) is 0 Å². The van der Waals surface area contributed by atoms with Crippen molar-refractivity contribution in [3.8, 4) is 17.6 Å². The van der Waals surface area contributed by atoms with Crippen molar-refractivity contribution < 1.29 is 9.53 Å². The summed E-state index contributed by atoms with van der Waals surface area (Å²) < 4.78 is 7.22. The molecule has 1 atom stereocenters. The standard InChI is InChI=1S/C29H31N5O3/c1-20(35)32-23-9-5-10-24(17-23)37-16-6-8-22-19-31-28(33(2)27(22)36)34-14-12-29(13-15-34)18-21-7-3-4-11-25(21)26(29)30/h3-5,7,9-11,17,19,26H,12-16,18,30H2,1-2H3,(H,32,35). The van der Waals surface area contributed by atoms with Gasteiger partial charge in [-0.3, -0.25) is 14.2 Å². The number of amides is 1. The Kier molecular flexibility index (Phi) is 6.72. The van der Waals surface area contributed by atoms with Crippen LogP contribution in [0, 0.1) is 17.3 Å². The van der Waals surface area contributed by atoms with Gasteiger partial charge in [0.2, 0.25) is 11.9 Å². The third kappa shape index (κ3) is 4.95. The van der Waals surface area contributed by atoms with Crippen LogP contribution in [-0.2, 0) is 18.3 Å². The second-order valence-corrected chi connectivity index (χ2v) is 9.84. The van der Waals surface area contributed by atoms with Crippen LogP contribution in [0.25, 0.3) is 0 Å². The molecule has 0 radical (unpaired) electrons. The lowest BCUT2D eigenvalue weighted by atomic mass is 9.73. The minimum Gasteiger partial charge on any atom is -0.481 e. The Hall–Kier alpha value is -4.09. The third-order valence-electron chi connectivity index (χ3n) is 7.47. The van der Waals surface area contributed by atoms with Gasteiger partial charge in [-0.05, 0) is 47.9 Å². The number of ether oxygens (including phenoxy) is 1. The summed E-state index contributed by atoms with van der Waals surface area (Å²) >= 11 is 0. The Morgan fingerprint density at radius 3 is 2.76 bits per heavy atom. The molecule has 1 amide bonds. The normalized spacial score (nSPS) is 17.6. The van der Waals surface area contributed by atoms with Crippen LogP contribution >= 0.6 is 0 Å². The van der Waals surface area contributed by atoms with Gasteiger partial charge in [-0.1, -0.05) is 42.2 Å². The average molecular weight is 498 g/mol. The second-order valence-electron chi connectivity index (χ2n) is 9.84. The van der Waals surface area contributed by atoms with E-state index in [0.29, 0.717) is 22.9 Å². The predicted octanol–water partition coefficient (Wildman–Crippen LogP) is 3.01. The Morgan fingerprint density at radius 2 is 2.00 bits per heavy atom. The number of fused-ring (bicyclic) bond motifs is 1. The van der Waals surface area contributed by atoms with Crippen LogP contribution in [-0.4, -0.2) is 35.2 Å². The summed E-state index contributed by atoms with van der Waals surface area (Å²) in [5.41, 5.74) is 10.2. The van der Waals surface area contributed by atoms with Crippen LogP contribution in [0.5, 0.6) is 5.75 Å². The summed E-state index contributed by atoms with van der Waals surface area (Å²) in [5.74, 6) is 6.84. The summed E-state index contributed by atoms with van der Waals surface area (Å²) in [6, 6.07) is 15.6. The first kappa shape index (κ1) is 24.6. The van der Waals surface area contributed by atoms with E-state index in [9.17, 15) is 9.59 Å². The fourth-order valence-corrected chi connectivity index (χ4v) is 5.49. The number of carbonyl (C=O) groups excluding carboxylic acids is 1. The van der Waals surface area contributed by atoms with Gasteiger partial charge in [0.25, 0.3) is 5.56 Å². The van der Waals surface area contributed by atoms with Crippen molar-refractivity contribution >= 4 is 17.5 Å². The first-order valence-corrected chi connectivity index (χ1v) is 12.5. The summed E-state index contributed by atoms with van der Waals surface area (Å²) in [7, 11) is 1.74. The molecule has 190 valence electrons. The number of benzene rings is 2. The second kappa shape index (κ2) is 10.1. The number of anilines is 2. The molecule has 5 rings (SSSR count). The Balaban J connectivity index is 1.22. The molecule has 3 aromatic rings. The van der Waals surface area contributed by atoms with Crippen LogP contribution in [0.1, 0.15) is 42.5 Å². The number of carbonyl (C=O) groups is 1. The van der Waals surface area contributed by atoms with Gasteiger partial charge >= 0.3 is 0 Å². The van der Waals surface area contributed by atoms with E-state index in [4.69, 9.17) is 10.5 Å². The maximum atomic E-state index is 13.0. The van der Waals surface area contributed by atoms with Crippen molar-refractivity contribution in [2.24, 2.45) is 18.2 Å². The molecule has 2 aliphatic rings. The van der Waals surface area contributed by atoms with Gasteiger partial charge in [0.05, 0.1) is 6.20 Å². The predicted molar refractivity (Wildman–Crippen MR) is 144 cm³/mol. The molecule has 2 heterocycles. The molecule has 1 unspecified atom stereocenters. The van der Waals surface area contributed by atoms with Crippen LogP contribution < -0.4 is 26.2 Å². The Labute approximate surface area is 216 Å². The number of nitrogens with two attached hydrogens (primary N) is 1. The van der Waals surface area contributed by atoms with Gasteiger partial charge in [-0.25, -0.2) is 4.98 Å². The molecule has 8 nitrogen and oxygen atoms in total. The van der Waals surface area contributed by atoms with Crippen molar-refractivity contribution in [1.29, 1.82) is 0 Å². The Morgan fingerprint density at radius 1 is 1.22 bits per heavy atom. The van der Waals surface area contributed by atoms with Crippen LogP contribution in [0.15, 0.2) is 59.5 Å². The molecule has 1 saturated heterocycles. The van der Waals surface area contributed by atoms with Crippen LogP contribution in [0.2, 0.25) is 0 Å². The van der Waals surface area contributed by atoms with Gasteiger partial charge < -0.3 is 20.7 Å². The topological polar surface area (TPSA) is 102 Å². The zero-order chi connectivity index (χ0) is 26.0. The van der Waals surface area contributed by atoms with E-state index in [1.165, 1.54) is 18.1 Å². The van der Waals surface area contributed by atoms with E-state index in [-0.39, 0.29) is 29.5 Å². The Bertz CT molecular complexity index is 1440. The number of hydrogen-bond donors (Lipinski definition) is 2. The highest BCUT2D eigenvalue weighted by atomic mass is 16.5. The highest BCUT2D eigenvalue weighted by Gasteiger charge is 2.46. The number of aromatic nitrogens is 2. The lowest BCUT2D eigenvalue weighted by Crippen LogP contribution is -2.46. The largest absolute Gasteiger partial charge is 0.481 e. The highest BCUT2D eigenvalue weighted by molar-refractivity contribution is 5.88. The quantitative estimate of drug-likeness (QED) is 0.538. The minimum atomic E-state index is -0.185. The molecule has 0 saturated carbocycles. The number of rotatable bonds is 4. The van der Waals surface area contributed by atoms with Crippen molar-refractivity contribution in [1.82, 2.24) is 9.55 Å². The summed E-state index contributed by atoms with van der Waals surface area (Å²) in [6.07, 6.45) is 4.48. The van der Waals surface area contributed by atoms with Gasteiger partial charge in [-0.15, -0.1) is 0 Å². The van der Waals surface area contributed by atoms with Crippen molar-refractivity contribution in [3.63, 3.8) is 0 Å². The smallest absolute Gasteiger partial charge is 0.270 e. The maximum absolute atomic E-state index is 13.0. The van der Waals surface area contributed by atoms with Gasteiger partial charge in [-0.2, -0.15) is 0 Å². The van der Waals surface area contributed by atoms with E-state index >= 15 is 0 Å². The summed E-state index contributed by atoms with van der Waals surface area (Å²) in [4.78, 5) is 31.0. The molecular weight excluding hydrogens is 466 g/mol. The molecule has 1 spiro atoms. The fourth-order valence-electron chi connectivity index (χ4n) is 5.49. The molecule has 3 N–H and O–H groups in total. The molecule has 1 fully saturated rings. The van der Waals surface area contributed by atoms with Crippen molar-refractivity contribution in [2.75, 3.05) is 29.9 Å². The van der Waals surface area contributed by atoms with E-state index in [1.54, 1.807) is 42.1 Å². The molecule has 1 aromatic heterocycles. The zero-order valence-electron chi connectivity index (χ0n) is 21.2. The molecule has 1 aliphatic heterocycles. The molecular formula is C29H31N5O3. The average Bonchev–Trinajstić information content (AvgIpc) is 3.16. The molecule has 8 heteroatoms. The highest BCUT2D eigenvalue weighted by Crippen LogP contribution is 2.50. The van der Waals surface area contributed by atoms with Gasteiger partial charge in [0, 0.05) is 44.9 Å². The number of nitrogens with zero attached hydrogens (tertiary/aromatic N) is 3. The van der Waals surface area contributed by atoms with E-state index in [0.717, 1.165) is 32.4 Å².